The van der Waals surface area contributed by atoms with Crippen LogP contribution in [0.15, 0.2) is 18.2 Å². The largest absolute Gasteiger partial charge is 0.272 e. The van der Waals surface area contributed by atoms with Crippen molar-refractivity contribution < 1.29 is 4.79 Å². The van der Waals surface area contributed by atoms with Gasteiger partial charge in [-0.15, -0.1) is 0 Å². The van der Waals surface area contributed by atoms with Crippen LogP contribution in [-0.2, 0) is 0 Å². The zero-order valence-corrected chi connectivity index (χ0v) is 8.95. The van der Waals surface area contributed by atoms with E-state index in [0.29, 0.717) is 6.42 Å². The minimum atomic E-state index is 0.0281. The molecule has 0 saturated carbocycles. The van der Waals surface area contributed by atoms with Gasteiger partial charge in [0.2, 0.25) is 0 Å². The third kappa shape index (κ3) is 2.55. The summed E-state index contributed by atoms with van der Waals surface area (Å²) in [7, 11) is 0. The van der Waals surface area contributed by atoms with Crippen molar-refractivity contribution in [3.63, 3.8) is 0 Å². The summed E-state index contributed by atoms with van der Waals surface area (Å²) in [5.41, 5.74) is 1.78. The summed E-state index contributed by atoms with van der Waals surface area (Å²) >= 11 is 0. The second-order valence-corrected chi connectivity index (χ2v) is 3.32. The molecule has 0 unspecified atom stereocenters. The maximum absolute atomic E-state index is 11.6. The second kappa shape index (κ2) is 4.74. The summed E-state index contributed by atoms with van der Waals surface area (Å²) < 4.78 is 1.47. The van der Waals surface area contributed by atoms with Crippen molar-refractivity contribution in [2.45, 2.75) is 33.6 Å². The molecule has 3 nitrogen and oxygen atoms in total. The first-order chi connectivity index (χ1) is 6.65. The third-order valence-corrected chi connectivity index (χ3v) is 1.94. The van der Waals surface area contributed by atoms with Gasteiger partial charge in [-0.2, -0.15) is 5.10 Å². The predicted molar refractivity (Wildman–Crippen MR) is 56.4 cm³/mol. The SMILES string of the molecule is CC/C=C/CC(=O)n1nc(C)cc1C. The quantitative estimate of drug-likeness (QED) is 0.690. The molecule has 1 heterocycles. The van der Waals surface area contributed by atoms with Crippen LogP contribution in [0.25, 0.3) is 0 Å². The molecule has 0 saturated heterocycles. The summed E-state index contributed by atoms with van der Waals surface area (Å²) in [6, 6.07) is 1.90. The Labute approximate surface area is 84.4 Å². The Morgan fingerprint density at radius 3 is 2.71 bits per heavy atom. The molecule has 0 spiro atoms. The third-order valence-electron chi connectivity index (χ3n) is 1.94. The van der Waals surface area contributed by atoms with Crippen LogP contribution in [0.5, 0.6) is 0 Å². The highest BCUT2D eigenvalue weighted by atomic mass is 16.2. The van der Waals surface area contributed by atoms with E-state index >= 15 is 0 Å². The van der Waals surface area contributed by atoms with Crippen LogP contribution in [0.3, 0.4) is 0 Å². The molecule has 76 valence electrons. The van der Waals surface area contributed by atoms with Crippen molar-refractivity contribution in [1.82, 2.24) is 9.78 Å². The zero-order chi connectivity index (χ0) is 10.6. The van der Waals surface area contributed by atoms with E-state index in [1.807, 2.05) is 39.0 Å². The molecule has 1 aromatic rings. The summed E-state index contributed by atoms with van der Waals surface area (Å²) in [6.45, 7) is 5.82. The smallest absolute Gasteiger partial charge is 0.250 e. The second-order valence-electron chi connectivity index (χ2n) is 3.32. The number of allylic oxidation sites excluding steroid dienone is 2. The standard InChI is InChI=1S/C11H16N2O/c1-4-5-6-7-11(14)13-10(3)8-9(2)12-13/h5-6,8H,4,7H2,1-3H3/b6-5+. The first-order valence-electron chi connectivity index (χ1n) is 4.86. The maximum atomic E-state index is 11.6. The fourth-order valence-electron chi connectivity index (χ4n) is 1.32. The van der Waals surface area contributed by atoms with Crippen molar-refractivity contribution in [1.29, 1.82) is 0 Å². The van der Waals surface area contributed by atoms with Crippen LogP contribution in [0.4, 0.5) is 0 Å². The van der Waals surface area contributed by atoms with Crippen LogP contribution in [0, 0.1) is 13.8 Å². The van der Waals surface area contributed by atoms with Crippen LogP contribution in [0.2, 0.25) is 0 Å². The van der Waals surface area contributed by atoms with Gasteiger partial charge in [0.25, 0.3) is 5.91 Å². The van der Waals surface area contributed by atoms with Crippen molar-refractivity contribution in [3.05, 3.63) is 29.6 Å². The molecule has 3 heteroatoms. The number of aromatic nitrogens is 2. The van der Waals surface area contributed by atoms with Crippen molar-refractivity contribution in [2.75, 3.05) is 0 Å². The molecule has 0 aliphatic rings. The number of hydrogen-bond acceptors (Lipinski definition) is 2. The Kier molecular flexibility index (Phi) is 3.63. The lowest BCUT2D eigenvalue weighted by atomic mass is 10.3. The molecule has 0 aliphatic carbocycles. The van der Waals surface area contributed by atoms with E-state index in [1.54, 1.807) is 0 Å². The number of nitrogens with zero attached hydrogens (tertiary/aromatic N) is 2. The average molecular weight is 192 g/mol. The lowest BCUT2D eigenvalue weighted by Gasteiger charge is -1.98. The van der Waals surface area contributed by atoms with Gasteiger partial charge in [-0.3, -0.25) is 4.79 Å². The van der Waals surface area contributed by atoms with E-state index in [2.05, 4.69) is 5.10 Å². The van der Waals surface area contributed by atoms with Gasteiger partial charge < -0.3 is 0 Å². The molecule has 0 aromatic carbocycles. The fraction of sp³-hybridized carbons (Fsp3) is 0.455. The van der Waals surface area contributed by atoms with Crippen LogP contribution >= 0.6 is 0 Å². The molecule has 0 radical (unpaired) electrons. The van der Waals surface area contributed by atoms with Gasteiger partial charge in [0.05, 0.1) is 5.69 Å². The highest BCUT2D eigenvalue weighted by Crippen LogP contribution is 2.03. The van der Waals surface area contributed by atoms with Gasteiger partial charge >= 0.3 is 0 Å². The van der Waals surface area contributed by atoms with Gasteiger partial charge in [-0.05, 0) is 26.3 Å². The lowest BCUT2D eigenvalue weighted by Crippen LogP contribution is -2.12. The molecule has 0 fully saturated rings. The van der Waals surface area contributed by atoms with Gasteiger partial charge in [0.1, 0.15) is 0 Å². The molecule has 0 bridgehead atoms. The minimum Gasteiger partial charge on any atom is -0.272 e. The molecule has 0 atom stereocenters. The van der Waals surface area contributed by atoms with E-state index in [1.165, 1.54) is 4.68 Å². The number of aryl methyl sites for hydroxylation is 2. The summed E-state index contributed by atoms with van der Waals surface area (Å²) in [4.78, 5) is 11.6. The Balaban J connectivity index is 2.69. The minimum absolute atomic E-state index is 0.0281. The van der Waals surface area contributed by atoms with Crippen molar-refractivity contribution >= 4 is 5.91 Å². The van der Waals surface area contributed by atoms with Gasteiger partial charge in [-0.1, -0.05) is 19.1 Å². The highest BCUT2D eigenvalue weighted by molar-refractivity contribution is 5.80. The molecule has 14 heavy (non-hydrogen) atoms. The fourth-order valence-corrected chi connectivity index (χ4v) is 1.32. The number of rotatable bonds is 3. The number of hydrogen-bond donors (Lipinski definition) is 0. The van der Waals surface area contributed by atoms with Crippen LogP contribution in [-0.4, -0.2) is 15.7 Å². The summed E-state index contributed by atoms with van der Waals surface area (Å²) in [5, 5.41) is 4.12. The monoisotopic (exact) mass is 192 g/mol. The summed E-state index contributed by atoms with van der Waals surface area (Å²) in [6.07, 6.45) is 5.27. The first-order valence-corrected chi connectivity index (χ1v) is 4.86. The maximum Gasteiger partial charge on any atom is 0.250 e. The molecule has 0 amide bonds. The van der Waals surface area contributed by atoms with E-state index < -0.39 is 0 Å². The number of carbonyl (C=O) groups excluding carboxylic acids is 1. The van der Waals surface area contributed by atoms with Gasteiger partial charge in [0, 0.05) is 12.1 Å². The van der Waals surface area contributed by atoms with Crippen molar-refractivity contribution in [3.8, 4) is 0 Å². The average Bonchev–Trinajstić information content (AvgIpc) is 2.45. The van der Waals surface area contributed by atoms with Crippen LogP contribution in [0.1, 0.15) is 35.9 Å². The van der Waals surface area contributed by atoms with Crippen molar-refractivity contribution in [2.24, 2.45) is 0 Å². The molecule has 0 N–H and O–H groups in total. The Hall–Kier alpha value is -1.38. The Bertz CT molecular complexity index is 350. The van der Waals surface area contributed by atoms with Gasteiger partial charge in [-0.25, -0.2) is 4.68 Å². The highest BCUT2D eigenvalue weighted by Gasteiger charge is 2.07. The lowest BCUT2D eigenvalue weighted by molar-refractivity contribution is 0.0898. The topological polar surface area (TPSA) is 34.9 Å². The Morgan fingerprint density at radius 2 is 2.21 bits per heavy atom. The van der Waals surface area contributed by atoms with Gasteiger partial charge in [0.15, 0.2) is 0 Å². The van der Waals surface area contributed by atoms with Crippen LogP contribution < -0.4 is 0 Å². The van der Waals surface area contributed by atoms with E-state index in [0.717, 1.165) is 17.8 Å². The molecule has 1 aromatic heterocycles. The normalized spacial score (nSPS) is 11.1. The molecule has 0 aliphatic heterocycles. The molecular weight excluding hydrogens is 176 g/mol. The van der Waals surface area contributed by atoms with E-state index in [-0.39, 0.29) is 5.91 Å². The van der Waals surface area contributed by atoms with E-state index in [4.69, 9.17) is 0 Å². The molecule has 1 rings (SSSR count). The first kappa shape index (κ1) is 10.7. The molecular formula is C11H16N2O. The number of carbonyl (C=O) groups is 1. The van der Waals surface area contributed by atoms with E-state index in [9.17, 15) is 4.79 Å². The Morgan fingerprint density at radius 1 is 1.50 bits per heavy atom. The predicted octanol–water partition coefficient (Wildman–Crippen LogP) is 2.50. The summed E-state index contributed by atoms with van der Waals surface area (Å²) in [5.74, 6) is 0.0281. The zero-order valence-electron chi connectivity index (χ0n) is 8.95.